The molecular formula is C13H13BrN2O. The molecule has 0 unspecified atom stereocenters. The lowest BCUT2D eigenvalue weighted by atomic mass is 10.3. The highest BCUT2D eigenvalue weighted by molar-refractivity contribution is 9.10. The number of hydrogen-bond acceptors (Lipinski definition) is 3. The van der Waals surface area contributed by atoms with E-state index in [2.05, 4.69) is 26.2 Å². The van der Waals surface area contributed by atoms with Crippen LogP contribution in [-0.2, 0) is 0 Å². The van der Waals surface area contributed by atoms with Crippen LogP contribution in [-0.4, -0.2) is 11.6 Å². The third kappa shape index (κ3) is 3.46. The maximum atomic E-state index is 5.38. The van der Waals surface area contributed by atoms with Crippen LogP contribution in [0.3, 0.4) is 0 Å². The van der Waals surface area contributed by atoms with E-state index in [0.717, 1.165) is 21.9 Å². The van der Waals surface area contributed by atoms with Gasteiger partial charge in [-0.2, -0.15) is 0 Å². The van der Waals surface area contributed by atoms with Gasteiger partial charge in [0.2, 0.25) is 0 Å². The van der Waals surface area contributed by atoms with E-state index in [1.807, 2.05) is 49.4 Å². The summed E-state index contributed by atoms with van der Waals surface area (Å²) in [6, 6.07) is 13.5. The highest BCUT2D eigenvalue weighted by atomic mass is 79.9. The molecule has 0 aliphatic carbocycles. The Labute approximate surface area is 109 Å². The van der Waals surface area contributed by atoms with Gasteiger partial charge >= 0.3 is 0 Å². The highest BCUT2D eigenvalue weighted by Gasteiger charge is 1.97. The van der Waals surface area contributed by atoms with E-state index in [-0.39, 0.29) is 0 Å². The molecule has 2 aromatic rings. The van der Waals surface area contributed by atoms with Gasteiger partial charge in [0.05, 0.1) is 6.61 Å². The largest absolute Gasteiger partial charge is 0.494 e. The zero-order chi connectivity index (χ0) is 12.1. The molecule has 0 saturated carbocycles. The number of benzene rings is 1. The van der Waals surface area contributed by atoms with E-state index in [9.17, 15) is 0 Å². The molecule has 0 aliphatic rings. The zero-order valence-corrected chi connectivity index (χ0v) is 11.1. The third-order valence-electron chi connectivity index (χ3n) is 2.15. The Morgan fingerprint density at radius 1 is 1.18 bits per heavy atom. The van der Waals surface area contributed by atoms with Gasteiger partial charge in [0.15, 0.2) is 0 Å². The number of hydrogen-bond donors (Lipinski definition) is 1. The van der Waals surface area contributed by atoms with Crippen molar-refractivity contribution < 1.29 is 4.74 Å². The normalized spacial score (nSPS) is 10.0. The molecule has 0 aliphatic heterocycles. The van der Waals surface area contributed by atoms with E-state index >= 15 is 0 Å². The molecule has 1 heterocycles. The Balaban J connectivity index is 2.08. The number of halogens is 1. The van der Waals surface area contributed by atoms with Crippen molar-refractivity contribution in [1.82, 2.24) is 4.98 Å². The van der Waals surface area contributed by atoms with E-state index in [1.54, 1.807) is 0 Å². The van der Waals surface area contributed by atoms with Crippen molar-refractivity contribution in [2.24, 2.45) is 0 Å². The minimum absolute atomic E-state index is 0.681. The first-order chi connectivity index (χ1) is 8.28. The van der Waals surface area contributed by atoms with Gasteiger partial charge in [0, 0.05) is 5.69 Å². The molecule has 1 aromatic heterocycles. The van der Waals surface area contributed by atoms with Crippen LogP contribution >= 0.6 is 15.9 Å². The molecule has 1 N–H and O–H groups in total. The molecular weight excluding hydrogens is 280 g/mol. The van der Waals surface area contributed by atoms with Gasteiger partial charge in [0.1, 0.15) is 16.2 Å². The Morgan fingerprint density at radius 3 is 2.59 bits per heavy atom. The first-order valence-corrected chi connectivity index (χ1v) is 6.19. The van der Waals surface area contributed by atoms with E-state index in [4.69, 9.17) is 4.74 Å². The second-order valence-corrected chi connectivity index (χ2v) is 4.24. The molecule has 0 bridgehead atoms. The van der Waals surface area contributed by atoms with Crippen molar-refractivity contribution in [2.75, 3.05) is 11.9 Å². The molecule has 0 radical (unpaired) electrons. The van der Waals surface area contributed by atoms with E-state index < -0.39 is 0 Å². The summed E-state index contributed by atoms with van der Waals surface area (Å²) in [6.07, 6.45) is 0. The summed E-state index contributed by atoms with van der Waals surface area (Å²) in [5, 5.41) is 3.22. The summed E-state index contributed by atoms with van der Waals surface area (Å²) in [4.78, 5) is 4.30. The van der Waals surface area contributed by atoms with E-state index in [0.29, 0.717) is 6.61 Å². The van der Waals surface area contributed by atoms with Crippen molar-refractivity contribution in [1.29, 1.82) is 0 Å². The molecule has 2 rings (SSSR count). The topological polar surface area (TPSA) is 34.1 Å². The fourth-order valence-corrected chi connectivity index (χ4v) is 1.77. The van der Waals surface area contributed by atoms with Crippen LogP contribution in [0, 0.1) is 0 Å². The first kappa shape index (κ1) is 11.9. The molecule has 3 nitrogen and oxygen atoms in total. The zero-order valence-electron chi connectivity index (χ0n) is 9.48. The quantitative estimate of drug-likeness (QED) is 0.866. The second kappa shape index (κ2) is 5.68. The van der Waals surface area contributed by atoms with Crippen LogP contribution in [0.1, 0.15) is 6.92 Å². The number of aromatic nitrogens is 1. The monoisotopic (exact) mass is 292 g/mol. The van der Waals surface area contributed by atoms with Crippen LogP contribution in [0.4, 0.5) is 11.5 Å². The van der Waals surface area contributed by atoms with Gasteiger partial charge in [0.25, 0.3) is 0 Å². The number of pyridine rings is 1. The molecule has 4 heteroatoms. The fourth-order valence-electron chi connectivity index (χ4n) is 1.43. The fraction of sp³-hybridized carbons (Fsp3) is 0.154. The summed E-state index contributed by atoms with van der Waals surface area (Å²) >= 11 is 3.34. The number of ether oxygens (including phenoxy) is 1. The predicted octanol–water partition coefficient (Wildman–Crippen LogP) is 3.99. The Bertz CT molecular complexity index is 485. The lowest BCUT2D eigenvalue weighted by Gasteiger charge is -2.07. The predicted molar refractivity (Wildman–Crippen MR) is 72.8 cm³/mol. The summed E-state index contributed by atoms with van der Waals surface area (Å²) in [5.74, 6) is 1.68. The molecule has 0 spiro atoms. The Kier molecular flexibility index (Phi) is 3.98. The summed E-state index contributed by atoms with van der Waals surface area (Å²) in [6.45, 7) is 2.65. The van der Waals surface area contributed by atoms with Gasteiger partial charge in [-0.1, -0.05) is 6.07 Å². The number of anilines is 2. The Morgan fingerprint density at radius 2 is 1.94 bits per heavy atom. The molecule has 0 atom stereocenters. The van der Waals surface area contributed by atoms with Gasteiger partial charge in [-0.3, -0.25) is 0 Å². The highest BCUT2D eigenvalue weighted by Crippen LogP contribution is 2.19. The molecule has 88 valence electrons. The van der Waals surface area contributed by atoms with Gasteiger partial charge < -0.3 is 10.1 Å². The van der Waals surface area contributed by atoms with Crippen LogP contribution < -0.4 is 10.1 Å². The lowest BCUT2D eigenvalue weighted by molar-refractivity contribution is 0.340. The lowest BCUT2D eigenvalue weighted by Crippen LogP contribution is -1.94. The smallest absolute Gasteiger partial charge is 0.131 e. The molecule has 0 amide bonds. The maximum Gasteiger partial charge on any atom is 0.131 e. The molecule has 17 heavy (non-hydrogen) atoms. The maximum absolute atomic E-state index is 5.38. The second-order valence-electron chi connectivity index (χ2n) is 3.43. The van der Waals surface area contributed by atoms with Crippen molar-refractivity contribution >= 4 is 27.4 Å². The summed E-state index contributed by atoms with van der Waals surface area (Å²) < 4.78 is 6.19. The van der Waals surface area contributed by atoms with Crippen LogP contribution in [0.15, 0.2) is 47.1 Å². The van der Waals surface area contributed by atoms with E-state index in [1.165, 1.54) is 0 Å². The average molecular weight is 293 g/mol. The molecule has 0 fully saturated rings. The van der Waals surface area contributed by atoms with Crippen molar-refractivity contribution in [3.8, 4) is 5.75 Å². The van der Waals surface area contributed by atoms with Gasteiger partial charge in [-0.15, -0.1) is 0 Å². The average Bonchev–Trinajstić information content (AvgIpc) is 2.32. The van der Waals surface area contributed by atoms with Crippen LogP contribution in [0.5, 0.6) is 5.75 Å². The number of nitrogens with one attached hydrogen (secondary N) is 1. The summed E-state index contributed by atoms with van der Waals surface area (Å²) in [5.41, 5.74) is 0.985. The SMILES string of the molecule is CCOc1ccc(Nc2cccc(Br)n2)cc1. The first-order valence-electron chi connectivity index (χ1n) is 5.40. The minimum atomic E-state index is 0.681. The number of nitrogens with zero attached hydrogens (tertiary/aromatic N) is 1. The number of rotatable bonds is 4. The minimum Gasteiger partial charge on any atom is -0.494 e. The third-order valence-corrected chi connectivity index (χ3v) is 2.59. The van der Waals surface area contributed by atoms with Gasteiger partial charge in [-0.05, 0) is 59.3 Å². The van der Waals surface area contributed by atoms with Crippen LogP contribution in [0.25, 0.3) is 0 Å². The Hall–Kier alpha value is -1.55. The molecule has 0 saturated heterocycles. The standard InChI is InChI=1S/C13H13BrN2O/c1-2-17-11-8-6-10(7-9-11)15-13-5-3-4-12(14)16-13/h3-9H,2H2,1H3,(H,15,16). The molecule has 1 aromatic carbocycles. The van der Waals surface area contributed by atoms with Crippen molar-refractivity contribution in [3.05, 3.63) is 47.1 Å². The van der Waals surface area contributed by atoms with Crippen molar-refractivity contribution in [2.45, 2.75) is 6.92 Å². The van der Waals surface area contributed by atoms with Crippen LogP contribution in [0.2, 0.25) is 0 Å². The van der Waals surface area contributed by atoms with Crippen molar-refractivity contribution in [3.63, 3.8) is 0 Å². The summed E-state index contributed by atoms with van der Waals surface area (Å²) in [7, 11) is 0. The van der Waals surface area contributed by atoms with Gasteiger partial charge in [-0.25, -0.2) is 4.98 Å².